The van der Waals surface area contributed by atoms with Crippen LogP contribution in [0, 0.1) is 0 Å². The second kappa shape index (κ2) is 13.0. The molecule has 1 amide bonds. The largest absolute Gasteiger partial charge is 0.359 e. The molecule has 0 atom stereocenters. The van der Waals surface area contributed by atoms with E-state index in [0.29, 0.717) is 31.4 Å². The lowest BCUT2D eigenvalue weighted by atomic mass is 10.1. The van der Waals surface area contributed by atoms with Crippen molar-refractivity contribution in [2.75, 3.05) is 26.2 Å². The minimum atomic E-state index is 0. The Morgan fingerprint density at radius 1 is 1.28 bits per heavy atom. The van der Waals surface area contributed by atoms with Gasteiger partial charge in [0.05, 0.1) is 5.69 Å². The Morgan fingerprint density at radius 3 is 2.48 bits per heavy atom. The summed E-state index contributed by atoms with van der Waals surface area (Å²) in [7, 11) is 0. The maximum Gasteiger partial charge on any atom is 0.224 e. The highest BCUT2D eigenvalue weighted by atomic mass is 127. The van der Waals surface area contributed by atoms with Crippen molar-refractivity contribution < 1.29 is 9.32 Å². The van der Waals surface area contributed by atoms with Crippen molar-refractivity contribution in [2.24, 2.45) is 4.99 Å². The van der Waals surface area contributed by atoms with Gasteiger partial charge in [-0.05, 0) is 26.7 Å². The summed E-state index contributed by atoms with van der Waals surface area (Å²) >= 11 is 0. The van der Waals surface area contributed by atoms with Crippen molar-refractivity contribution in [1.82, 2.24) is 20.7 Å². The SMILES string of the molecule is CCNC(=NCc1cc(C(C)C)no1)NCCC(=O)N(CC)CC.I. The lowest BCUT2D eigenvalue weighted by molar-refractivity contribution is -0.130. The first-order valence-electron chi connectivity index (χ1n) is 8.77. The third kappa shape index (κ3) is 8.55. The van der Waals surface area contributed by atoms with Crippen molar-refractivity contribution in [3.8, 4) is 0 Å². The van der Waals surface area contributed by atoms with Gasteiger partial charge in [0.25, 0.3) is 0 Å². The number of halogens is 1. The maximum atomic E-state index is 12.0. The second-order valence-electron chi connectivity index (χ2n) is 5.81. The summed E-state index contributed by atoms with van der Waals surface area (Å²) in [4.78, 5) is 18.3. The molecule has 7 nitrogen and oxygen atoms in total. The van der Waals surface area contributed by atoms with Gasteiger partial charge < -0.3 is 20.1 Å². The van der Waals surface area contributed by atoms with Crippen LogP contribution in [0.3, 0.4) is 0 Å². The van der Waals surface area contributed by atoms with Crippen LogP contribution in [0.15, 0.2) is 15.6 Å². The standard InChI is InChI=1S/C17H31N5O2.HI/c1-6-18-17(19-10-9-16(23)22(7-2)8-3)20-12-14-11-15(13(4)5)21-24-14;/h11,13H,6-10,12H2,1-5H3,(H2,18,19,20);1H. The first kappa shape index (κ1) is 23.7. The molecule has 0 fully saturated rings. The molecule has 0 radical (unpaired) electrons. The van der Waals surface area contributed by atoms with E-state index in [1.807, 2.05) is 31.7 Å². The molecule has 0 aliphatic heterocycles. The second-order valence-corrected chi connectivity index (χ2v) is 5.81. The molecule has 0 aliphatic carbocycles. The van der Waals surface area contributed by atoms with Crippen molar-refractivity contribution >= 4 is 35.8 Å². The van der Waals surface area contributed by atoms with Crippen molar-refractivity contribution in [2.45, 2.75) is 53.5 Å². The molecule has 1 aromatic heterocycles. The monoisotopic (exact) mass is 465 g/mol. The topological polar surface area (TPSA) is 82.8 Å². The molecule has 0 aromatic carbocycles. The molecule has 0 aliphatic rings. The fourth-order valence-corrected chi connectivity index (χ4v) is 2.20. The fourth-order valence-electron chi connectivity index (χ4n) is 2.20. The quantitative estimate of drug-likeness (QED) is 0.333. The zero-order chi connectivity index (χ0) is 17.9. The zero-order valence-corrected chi connectivity index (χ0v) is 18.3. The van der Waals surface area contributed by atoms with Crippen LogP contribution < -0.4 is 10.6 Å². The van der Waals surface area contributed by atoms with Crippen LogP contribution >= 0.6 is 24.0 Å². The molecule has 0 unspecified atom stereocenters. The highest BCUT2D eigenvalue weighted by Crippen LogP contribution is 2.14. The summed E-state index contributed by atoms with van der Waals surface area (Å²) in [5.41, 5.74) is 0.933. The molecule has 2 N–H and O–H groups in total. The van der Waals surface area contributed by atoms with Crippen LogP contribution in [0.4, 0.5) is 0 Å². The van der Waals surface area contributed by atoms with E-state index in [0.717, 1.165) is 31.1 Å². The number of hydrogen-bond donors (Lipinski definition) is 2. The van der Waals surface area contributed by atoms with Crippen molar-refractivity contribution in [3.05, 3.63) is 17.5 Å². The van der Waals surface area contributed by atoms with Gasteiger partial charge in [0.2, 0.25) is 5.91 Å². The highest BCUT2D eigenvalue weighted by Gasteiger charge is 2.10. The Bertz CT molecular complexity index is 527. The van der Waals surface area contributed by atoms with Gasteiger partial charge in [-0.15, -0.1) is 24.0 Å². The number of nitrogens with zero attached hydrogens (tertiary/aromatic N) is 3. The van der Waals surface area contributed by atoms with Crippen LogP contribution in [-0.2, 0) is 11.3 Å². The van der Waals surface area contributed by atoms with Gasteiger partial charge in [0.15, 0.2) is 11.7 Å². The van der Waals surface area contributed by atoms with Crippen LogP contribution in [0.1, 0.15) is 58.4 Å². The number of nitrogens with one attached hydrogen (secondary N) is 2. The molecule has 25 heavy (non-hydrogen) atoms. The smallest absolute Gasteiger partial charge is 0.224 e. The molecule has 144 valence electrons. The summed E-state index contributed by atoms with van der Waals surface area (Å²) in [6.07, 6.45) is 0.450. The molecular formula is C17H32IN5O2. The average Bonchev–Trinajstić information content (AvgIpc) is 3.03. The van der Waals surface area contributed by atoms with Crippen molar-refractivity contribution in [1.29, 1.82) is 0 Å². The van der Waals surface area contributed by atoms with Gasteiger partial charge in [-0.3, -0.25) is 4.79 Å². The first-order chi connectivity index (χ1) is 11.5. The van der Waals surface area contributed by atoms with E-state index >= 15 is 0 Å². The molecule has 0 spiro atoms. The molecule has 1 rings (SSSR count). The van der Waals surface area contributed by atoms with Crippen LogP contribution in [-0.4, -0.2) is 48.1 Å². The third-order valence-corrected chi connectivity index (χ3v) is 3.65. The molecule has 0 saturated carbocycles. The number of carbonyl (C=O) groups is 1. The number of amides is 1. The molecule has 8 heteroatoms. The summed E-state index contributed by atoms with van der Waals surface area (Å²) < 4.78 is 5.28. The van der Waals surface area contributed by atoms with Gasteiger partial charge in [-0.1, -0.05) is 19.0 Å². The number of carbonyl (C=O) groups excluding carboxylic acids is 1. The first-order valence-corrected chi connectivity index (χ1v) is 8.77. The van der Waals surface area contributed by atoms with Crippen molar-refractivity contribution in [3.63, 3.8) is 0 Å². The Hall–Kier alpha value is -1.32. The minimum Gasteiger partial charge on any atom is -0.359 e. The zero-order valence-electron chi connectivity index (χ0n) is 16.0. The number of aromatic nitrogens is 1. The third-order valence-electron chi connectivity index (χ3n) is 3.65. The van der Waals surface area contributed by atoms with E-state index < -0.39 is 0 Å². The predicted octanol–water partition coefficient (Wildman–Crippen LogP) is 2.73. The molecular weight excluding hydrogens is 433 g/mol. The van der Waals surface area contributed by atoms with Crippen LogP contribution in [0.25, 0.3) is 0 Å². The lowest BCUT2D eigenvalue weighted by Crippen LogP contribution is -2.40. The molecule has 1 heterocycles. The number of rotatable bonds is 9. The lowest BCUT2D eigenvalue weighted by Gasteiger charge is -2.19. The highest BCUT2D eigenvalue weighted by molar-refractivity contribution is 14.0. The Labute approximate surface area is 168 Å². The van der Waals surface area contributed by atoms with Gasteiger partial charge in [-0.25, -0.2) is 4.99 Å². The molecule has 0 saturated heterocycles. The van der Waals surface area contributed by atoms with Crippen LogP contribution in [0.2, 0.25) is 0 Å². The maximum absolute atomic E-state index is 12.0. The van der Waals surface area contributed by atoms with E-state index in [9.17, 15) is 4.79 Å². The summed E-state index contributed by atoms with van der Waals surface area (Å²) in [6, 6.07) is 1.93. The summed E-state index contributed by atoms with van der Waals surface area (Å²) in [5.74, 6) is 1.89. The Balaban J connectivity index is 0.00000576. The van der Waals surface area contributed by atoms with E-state index in [1.165, 1.54) is 0 Å². The summed E-state index contributed by atoms with van der Waals surface area (Å²) in [5, 5.41) is 10.4. The average molecular weight is 465 g/mol. The van der Waals surface area contributed by atoms with E-state index in [-0.39, 0.29) is 29.9 Å². The number of guanidine groups is 1. The van der Waals surface area contributed by atoms with E-state index in [2.05, 4.69) is 34.6 Å². The Morgan fingerprint density at radius 2 is 1.96 bits per heavy atom. The molecule has 1 aromatic rings. The number of aliphatic imine (C=N–C) groups is 1. The van der Waals surface area contributed by atoms with Gasteiger partial charge in [0.1, 0.15) is 6.54 Å². The van der Waals surface area contributed by atoms with Gasteiger partial charge >= 0.3 is 0 Å². The fraction of sp³-hybridized carbons (Fsp3) is 0.706. The predicted molar refractivity (Wildman–Crippen MR) is 111 cm³/mol. The van der Waals surface area contributed by atoms with Gasteiger partial charge in [0, 0.05) is 38.7 Å². The molecule has 0 bridgehead atoms. The number of hydrogen-bond acceptors (Lipinski definition) is 4. The summed E-state index contributed by atoms with van der Waals surface area (Å²) in [6.45, 7) is 13.3. The minimum absolute atomic E-state index is 0. The Kier molecular flexibility index (Phi) is 12.3. The van der Waals surface area contributed by atoms with E-state index in [4.69, 9.17) is 4.52 Å². The van der Waals surface area contributed by atoms with Crippen LogP contribution in [0.5, 0.6) is 0 Å². The van der Waals surface area contributed by atoms with Gasteiger partial charge in [-0.2, -0.15) is 0 Å². The van der Waals surface area contributed by atoms with E-state index in [1.54, 1.807) is 0 Å². The normalized spacial score (nSPS) is 11.2.